The molecular formula is C10H18O4. The van der Waals surface area contributed by atoms with Crippen LogP contribution in [0.4, 0.5) is 0 Å². The van der Waals surface area contributed by atoms with Crippen LogP contribution < -0.4 is 0 Å². The fraction of sp³-hybridized carbons (Fsp3) is 0.700. The fourth-order valence-electron chi connectivity index (χ4n) is 1.28. The largest absolute Gasteiger partial charge is 0.512 e. The number of aliphatic carboxylic acids is 1. The maximum Gasteiger partial charge on any atom is 0.300 e. The van der Waals surface area contributed by atoms with E-state index in [2.05, 4.69) is 0 Å². The number of allylic oxidation sites excluding steroid dienone is 1. The molecule has 0 atom stereocenters. The topological polar surface area (TPSA) is 66.8 Å². The molecule has 4 nitrogen and oxygen atoms in total. The van der Waals surface area contributed by atoms with Crippen LogP contribution in [0.2, 0.25) is 0 Å². The minimum atomic E-state index is -0.833. The van der Waals surface area contributed by atoms with Crippen LogP contribution in [-0.2, 0) is 9.53 Å². The summed E-state index contributed by atoms with van der Waals surface area (Å²) in [6.07, 6.45) is 3.96. The smallest absolute Gasteiger partial charge is 0.300 e. The molecule has 0 saturated heterocycles. The Balaban J connectivity index is 0.000000364. The average molecular weight is 202 g/mol. The van der Waals surface area contributed by atoms with E-state index in [-0.39, 0.29) is 0 Å². The van der Waals surface area contributed by atoms with E-state index in [0.717, 1.165) is 39.2 Å². The lowest BCUT2D eigenvalue weighted by atomic mass is 10.2. The Morgan fingerprint density at radius 2 is 2.07 bits per heavy atom. The summed E-state index contributed by atoms with van der Waals surface area (Å²) in [5.41, 5.74) is 1.20. The normalized spacial score (nSPS) is 15.0. The number of hydrogen-bond donors (Lipinski definition) is 2. The molecule has 82 valence electrons. The molecule has 0 spiro atoms. The minimum Gasteiger partial charge on any atom is -0.512 e. The van der Waals surface area contributed by atoms with Gasteiger partial charge in [0.1, 0.15) is 0 Å². The van der Waals surface area contributed by atoms with E-state index in [4.69, 9.17) is 14.6 Å². The van der Waals surface area contributed by atoms with Gasteiger partial charge in [-0.2, -0.15) is 0 Å². The Kier molecular flexibility index (Phi) is 6.84. The standard InChI is InChI=1S/C8H14O2.C2H4O2/c1-10-6-5-7-3-2-4-8(7)9;1-2(3)4/h9H,2-6H2,1H3;1H3,(H,3,4). The van der Waals surface area contributed by atoms with Crippen molar-refractivity contribution in [1.82, 2.24) is 0 Å². The molecule has 0 bridgehead atoms. The summed E-state index contributed by atoms with van der Waals surface area (Å²) in [6.45, 7) is 1.82. The Labute approximate surface area is 84.2 Å². The van der Waals surface area contributed by atoms with Crippen molar-refractivity contribution in [2.45, 2.75) is 32.6 Å². The minimum absolute atomic E-state index is 0.608. The van der Waals surface area contributed by atoms with Gasteiger partial charge in [0.25, 0.3) is 5.97 Å². The van der Waals surface area contributed by atoms with Crippen LogP contribution in [0, 0.1) is 0 Å². The van der Waals surface area contributed by atoms with Crippen LogP contribution >= 0.6 is 0 Å². The summed E-state index contributed by atoms with van der Waals surface area (Å²) < 4.78 is 4.91. The first-order valence-corrected chi connectivity index (χ1v) is 4.66. The van der Waals surface area contributed by atoms with E-state index in [1.807, 2.05) is 0 Å². The molecule has 0 aromatic rings. The number of carbonyl (C=O) groups is 1. The van der Waals surface area contributed by atoms with Gasteiger partial charge in [-0.3, -0.25) is 4.79 Å². The van der Waals surface area contributed by atoms with Crippen molar-refractivity contribution in [3.05, 3.63) is 11.3 Å². The molecule has 0 aromatic heterocycles. The average Bonchev–Trinajstić information content (AvgIpc) is 2.47. The predicted octanol–water partition coefficient (Wildman–Crippen LogP) is 2.11. The summed E-state index contributed by atoms with van der Waals surface area (Å²) in [5, 5.41) is 16.7. The summed E-state index contributed by atoms with van der Waals surface area (Å²) >= 11 is 0. The molecule has 0 fully saturated rings. The number of carboxylic acid groups (broad SMARTS) is 1. The summed E-state index contributed by atoms with van der Waals surface area (Å²) in [4.78, 5) is 9.00. The first kappa shape index (κ1) is 13.0. The van der Waals surface area contributed by atoms with Gasteiger partial charge in [0, 0.05) is 20.5 Å². The number of carboxylic acids is 1. The third-order valence-electron chi connectivity index (χ3n) is 1.91. The number of aliphatic hydroxyl groups excluding tert-OH is 1. The van der Waals surface area contributed by atoms with Gasteiger partial charge in [-0.05, 0) is 24.8 Å². The van der Waals surface area contributed by atoms with E-state index < -0.39 is 5.97 Å². The number of hydrogen-bond acceptors (Lipinski definition) is 3. The quantitative estimate of drug-likeness (QED) is 0.735. The molecule has 1 aliphatic carbocycles. The third-order valence-corrected chi connectivity index (χ3v) is 1.91. The molecule has 4 heteroatoms. The van der Waals surface area contributed by atoms with Crippen molar-refractivity contribution in [1.29, 1.82) is 0 Å². The molecule has 0 aromatic carbocycles. The van der Waals surface area contributed by atoms with Gasteiger partial charge in [0.15, 0.2) is 0 Å². The molecule has 0 amide bonds. The highest BCUT2D eigenvalue weighted by Crippen LogP contribution is 2.25. The summed E-state index contributed by atoms with van der Waals surface area (Å²) in [7, 11) is 1.69. The van der Waals surface area contributed by atoms with E-state index in [9.17, 15) is 5.11 Å². The summed E-state index contributed by atoms with van der Waals surface area (Å²) in [6, 6.07) is 0. The zero-order valence-electron chi connectivity index (χ0n) is 8.75. The van der Waals surface area contributed by atoms with Gasteiger partial charge in [0.2, 0.25) is 0 Å². The highest BCUT2D eigenvalue weighted by atomic mass is 16.5. The van der Waals surface area contributed by atoms with E-state index >= 15 is 0 Å². The van der Waals surface area contributed by atoms with Crippen molar-refractivity contribution in [3.8, 4) is 0 Å². The van der Waals surface area contributed by atoms with Gasteiger partial charge in [-0.1, -0.05) is 0 Å². The first-order valence-electron chi connectivity index (χ1n) is 4.66. The predicted molar refractivity (Wildman–Crippen MR) is 53.3 cm³/mol. The lowest BCUT2D eigenvalue weighted by Gasteiger charge is -2.00. The van der Waals surface area contributed by atoms with Crippen LogP contribution in [0.15, 0.2) is 11.3 Å². The number of aliphatic hydroxyl groups is 1. The molecular weight excluding hydrogens is 184 g/mol. The van der Waals surface area contributed by atoms with Crippen LogP contribution in [0.3, 0.4) is 0 Å². The number of rotatable bonds is 3. The Bertz CT molecular complexity index is 204. The lowest BCUT2D eigenvalue weighted by molar-refractivity contribution is -0.134. The Hall–Kier alpha value is -1.03. The van der Waals surface area contributed by atoms with Crippen molar-refractivity contribution >= 4 is 5.97 Å². The van der Waals surface area contributed by atoms with Crippen molar-refractivity contribution in [3.63, 3.8) is 0 Å². The van der Waals surface area contributed by atoms with Crippen molar-refractivity contribution < 1.29 is 19.7 Å². The van der Waals surface area contributed by atoms with Gasteiger partial charge in [0.05, 0.1) is 12.4 Å². The zero-order valence-corrected chi connectivity index (χ0v) is 8.75. The maximum atomic E-state index is 9.24. The second-order valence-electron chi connectivity index (χ2n) is 3.17. The van der Waals surface area contributed by atoms with Crippen LogP contribution in [0.1, 0.15) is 32.6 Å². The van der Waals surface area contributed by atoms with Crippen molar-refractivity contribution in [2.24, 2.45) is 0 Å². The zero-order chi connectivity index (χ0) is 11.0. The Morgan fingerprint density at radius 3 is 2.43 bits per heavy atom. The molecule has 0 heterocycles. The number of ether oxygens (including phenoxy) is 1. The van der Waals surface area contributed by atoms with Crippen molar-refractivity contribution in [2.75, 3.05) is 13.7 Å². The molecule has 0 saturated carbocycles. The molecule has 0 unspecified atom stereocenters. The van der Waals surface area contributed by atoms with Crippen LogP contribution in [-0.4, -0.2) is 29.9 Å². The van der Waals surface area contributed by atoms with Gasteiger partial charge >= 0.3 is 0 Å². The number of methoxy groups -OCH3 is 1. The van der Waals surface area contributed by atoms with E-state index in [1.165, 1.54) is 5.57 Å². The van der Waals surface area contributed by atoms with Gasteiger partial charge in [-0.25, -0.2) is 0 Å². The molecule has 0 radical (unpaired) electrons. The second kappa shape index (κ2) is 7.38. The van der Waals surface area contributed by atoms with Crippen LogP contribution in [0.5, 0.6) is 0 Å². The maximum absolute atomic E-state index is 9.24. The SMILES string of the molecule is CC(=O)O.COCCC1=C(O)CCC1. The molecule has 1 rings (SSSR count). The first-order chi connectivity index (χ1) is 6.57. The lowest BCUT2D eigenvalue weighted by Crippen LogP contribution is -1.91. The fourth-order valence-corrected chi connectivity index (χ4v) is 1.28. The molecule has 14 heavy (non-hydrogen) atoms. The molecule has 2 N–H and O–H groups in total. The monoisotopic (exact) mass is 202 g/mol. The summed E-state index contributed by atoms with van der Waals surface area (Å²) in [5.74, 6) is -0.225. The van der Waals surface area contributed by atoms with Gasteiger partial charge in [-0.15, -0.1) is 0 Å². The molecule has 1 aliphatic rings. The Morgan fingerprint density at radius 1 is 1.50 bits per heavy atom. The van der Waals surface area contributed by atoms with E-state index in [1.54, 1.807) is 7.11 Å². The van der Waals surface area contributed by atoms with Gasteiger partial charge < -0.3 is 14.9 Å². The highest BCUT2D eigenvalue weighted by Gasteiger charge is 2.11. The third kappa shape index (κ3) is 6.48. The molecule has 0 aliphatic heterocycles. The highest BCUT2D eigenvalue weighted by molar-refractivity contribution is 5.62. The van der Waals surface area contributed by atoms with Crippen LogP contribution in [0.25, 0.3) is 0 Å². The second-order valence-corrected chi connectivity index (χ2v) is 3.17. The van der Waals surface area contributed by atoms with E-state index in [0.29, 0.717) is 5.76 Å².